The lowest BCUT2D eigenvalue weighted by molar-refractivity contribution is 0.274. The van der Waals surface area contributed by atoms with Gasteiger partial charge in [0.25, 0.3) is 0 Å². The van der Waals surface area contributed by atoms with Crippen molar-refractivity contribution < 1.29 is 9.47 Å². The first-order chi connectivity index (χ1) is 17.5. The van der Waals surface area contributed by atoms with Gasteiger partial charge >= 0.3 is 0 Å². The van der Waals surface area contributed by atoms with Crippen LogP contribution in [0.15, 0.2) is 54.7 Å². The van der Waals surface area contributed by atoms with Gasteiger partial charge in [0.2, 0.25) is 0 Å². The Morgan fingerprint density at radius 2 is 1.72 bits per heavy atom. The zero-order valence-electron chi connectivity index (χ0n) is 22.0. The summed E-state index contributed by atoms with van der Waals surface area (Å²) in [6, 6.07) is 17.4. The van der Waals surface area contributed by atoms with Crippen LogP contribution in [-0.4, -0.2) is 34.8 Å². The van der Waals surface area contributed by atoms with Crippen LogP contribution in [0.4, 0.5) is 5.69 Å². The molecule has 1 heterocycles. The third-order valence-electron chi connectivity index (χ3n) is 7.26. The minimum absolute atomic E-state index is 0.428. The highest BCUT2D eigenvalue weighted by Crippen LogP contribution is 2.31. The molecule has 6 heteroatoms. The topological polar surface area (TPSA) is 38.7 Å². The monoisotopic (exact) mass is 505 g/mol. The zero-order valence-corrected chi connectivity index (χ0v) is 22.9. The average molecular weight is 506 g/mol. The number of aromatic nitrogens is 1. The normalized spacial score (nSPS) is 14.2. The number of rotatable bonds is 8. The Kier molecular flexibility index (Phi) is 8.92. The molecular formula is C30H39N3O2S. The maximum absolute atomic E-state index is 6.04. The Hall–Kier alpha value is -2.99. The molecule has 5 nitrogen and oxygen atoms in total. The van der Waals surface area contributed by atoms with E-state index in [9.17, 15) is 0 Å². The summed E-state index contributed by atoms with van der Waals surface area (Å²) in [7, 11) is 3.30. The first-order valence-corrected chi connectivity index (χ1v) is 13.4. The van der Waals surface area contributed by atoms with Crippen LogP contribution < -0.4 is 14.8 Å². The molecule has 0 spiro atoms. The molecule has 1 aromatic heterocycles. The molecule has 0 aliphatic heterocycles. The van der Waals surface area contributed by atoms with Crippen molar-refractivity contribution in [1.29, 1.82) is 0 Å². The van der Waals surface area contributed by atoms with Gasteiger partial charge in [-0.25, -0.2) is 0 Å². The number of aryl methyl sites for hydroxylation is 2. The van der Waals surface area contributed by atoms with Gasteiger partial charge in [0, 0.05) is 36.2 Å². The second kappa shape index (κ2) is 12.3. The van der Waals surface area contributed by atoms with E-state index in [1.807, 2.05) is 18.2 Å². The summed E-state index contributed by atoms with van der Waals surface area (Å²) in [5.74, 6) is 1.40. The van der Waals surface area contributed by atoms with E-state index >= 15 is 0 Å². The van der Waals surface area contributed by atoms with Crippen LogP contribution in [0.25, 0.3) is 0 Å². The standard InChI is InChI=1S/C30H39N3O2S/c1-22-13-14-24(23(2)18-22)20-32-17-9-12-27(32)21-33(26-10-7-5-6-8-11-26)30(36)31-25-15-16-28(34-3)29(19-25)35-4/h9,12-19,26H,5-8,10-11,20-21H2,1-4H3,(H,31,36). The molecule has 0 saturated heterocycles. The van der Waals surface area contributed by atoms with Crippen LogP contribution in [0.5, 0.6) is 11.5 Å². The van der Waals surface area contributed by atoms with Crippen molar-refractivity contribution in [3.63, 3.8) is 0 Å². The minimum Gasteiger partial charge on any atom is -0.493 e. The summed E-state index contributed by atoms with van der Waals surface area (Å²) < 4.78 is 13.3. The summed E-state index contributed by atoms with van der Waals surface area (Å²) in [6.45, 7) is 5.99. The van der Waals surface area contributed by atoms with Crippen molar-refractivity contribution in [3.05, 3.63) is 77.1 Å². The molecule has 192 valence electrons. The fraction of sp³-hybridized carbons (Fsp3) is 0.433. The predicted molar refractivity (Wildman–Crippen MR) is 152 cm³/mol. The zero-order chi connectivity index (χ0) is 25.5. The minimum atomic E-state index is 0.428. The molecule has 1 aliphatic carbocycles. The predicted octanol–water partition coefficient (Wildman–Crippen LogP) is 7.09. The third kappa shape index (κ3) is 6.41. The van der Waals surface area contributed by atoms with E-state index in [2.05, 4.69) is 65.2 Å². The summed E-state index contributed by atoms with van der Waals surface area (Å²) in [5.41, 5.74) is 6.17. The quantitative estimate of drug-likeness (QED) is 0.261. The summed E-state index contributed by atoms with van der Waals surface area (Å²) in [6.07, 6.45) is 9.65. The van der Waals surface area contributed by atoms with E-state index < -0.39 is 0 Å². The Bertz CT molecular complexity index is 1160. The van der Waals surface area contributed by atoms with Gasteiger partial charge in [-0.1, -0.05) is 49.4 Å². The number of thiocarbonyl (C=S) groups is 1. The lowest BCUT2D eigenvalue weighted by Gasteiger charge is -2.34. The van der Waals surface area contributed by atoms with Crippen LogP contribution in [-0.2, 0) is 13.1 Å². The first-order valence-electron chi connectivity index (χ1n) is 13.0. The Morgan fingerprint density at radius 1 is 0.972 bits per heavy atom. The molecule has 2 aromatic carbocycles. The maximum Gasteiger partial charge on any atom is 0.174 e. The molecule has 1 saturated carbocycles. The molecule has 0 amide bonds. The fourth-order valence-corrected chi connectivity index (χ4v) is 5.51. The van der Waals surface area contributed by atoms with Crippen molar-refractivity contribution in [2.75, 3.05) is 19.5 Å². The van der Waals surface area contributed by atoms with Crippen LogP contribution in [0.2, 0.25) is 0 Å². The van der Waals surface area contributed by atoms with E-state index in [0.29, 0.717) is 17.5 Å². The number of anilines is 1. The van der Waals surface area contributed by atoms with Crippen LogP contribution in [0.3, 0.4) is 0 Å². The second-order valence-electron chi connectivity index (χ2n) is 9.83. The molecule has 1 N–H and O–H groups in total. The molecular weight excluding hydrogens is 466 g/mol. The number of methoxy groups -OCH3 is 2. The second-order valence-corrected chi connectivity index (χ2v) is 10.2. The van der Waals surface area contributed by atoms with Gasteiger partial charge in [-0.15, -0.1) is 0 Å². The number of hydrogen-bond acceptors (Lipinski definition) is 3. The van der Waals surface area contributed by atoms with Gasteiger partial charge in [-0.2, -0.15) is 0 Å². The summed E-state index contributed by atoms with van der Waals surface area (Å²) in [5, 5.41) is 4.25. The van der Waals surface area contributed by atoms with Gasteiger partial charge in [0.15, 0.2) is 16.6 Å². The molecule has 36 heavy (non-hydrogen) atoms. The highest BCUT2D eigenvalue weighted by molar-refractivity contribution is 7.80. The van der Waals surface area contributed by atoms with Crippen molar-refractivity contribution in [3.8, 4) is 11.5 Å². The molecule has 0 bridgehead atoms. The maximum atomic E-state index is 6.04. The average Bonchev–Trinajstić information content (AvgIpc) is 3.13. The van der Waals surface area contributed by atoms with Crippen molar-refractivity contribution in [2.24, 2.45) is 0 Å². The lowest BCUT2D eigenvalue weighted by atomic mass is 10.1. The largest absolute Gasteiger partial charge is 0.493 e. The van der Waals surface area contributed by atoms with Crippen LogP contribution >= 0.6 is 12.2 Å². The van der Waals surface area contributed by atoms with E-state index in [4.69, 9.17) is 21.7 Å². The van der Waals surface area contributed by atoms with Gasteiger partial charge in [-0.05, 0) is 74.3 Å². The van der Waals surface area contributed by atoms with Crippen LogP contribution in [0, 0.1) is 13.8 Å². The summed E-state index contributed by atoms with van der Waals surface area (Å²) >= 11 is 6.04. The number of nitrogens with zero attached hydrogens (tertiary/aromatic N) is 2. The van der Waals surface area contributed by atoms with Crippen molar-refractivity contribution in [1.82, 2.24) is 9.47 Å². The van der Waals surface area contributed by atoms with Crippen molar-refractivity contribution >= 4 is 23.0 Å². The van der Waals surface area contributed by atoms with E-state index in [1.54, 1.807) is 14.2 Å². The van der Waals surface area contributed by atoms with Gasteiger partial charge in [-0.3, -0.25) is 0 Å². The van der Waals surface area contributed by atoms with E-state index in [-0.39, 0.29) is 0 Å². The van der Waals surface area contributed by atoms with Crippen molar-refractivity contribution in [2.45, 2.75) is 71.5 Å². The Morgan fingerprint density at radius 3 is 2.42 bits per heavy atom. The van der Waals surface area contributed by atoms with Crippen LogP contribution in [0.1, 0.15) is 60.9 Å². The molecule has 0 radical (unpaired) electrons. The molecule has 1 fully saturated rings. The SMILES string of the molecule is COc1ccc(NC(=S)N(Cc2cccn2Cc2ccc(C)cc2C)C2CCCCCC2)cc1OC. The Labute approximate surface area is 221 Å². The first kappa shape index (κ1) is 26.1. The fourth-order valence-electron chi connectivity index (χ4n) is 5.17. The molecule has 0 unspecified atom stereocenters. The van der Waals surface area contributed by atoms with E-state index in [1.165, 1.54) is 60.9 Å². The number of benzene rings is 2. The number of ether oxygens (including phenoxy) is 2. The molecule has 1 aliphatic rings. The third-order valence-corrected chi connectivity index (χ3v) is 7.59. The molecule has 0 atom stereocenters. The smallest absolute Gasteiger partial charge is 0.174 e. The molecule has 4 rings (SSSR count). The number of hydrogen-bond donors (Lipinski definition) is 1. The Balaban J connectivity index is 1.57. The lowest BCUT2D eigenvalue weighted by Crippen LogP contribution is -2.42. The molecule has 3 aromatic rings. The number of nitrogens with one attached hydrogen (secondary N) is 1. The van der Waals surface area contributed by atoms with Gasteiger partial charge < -0.3 is 24.3 Å². The summed E-state index contributed by atoms with van der Waals surface area (Å²) in [4.78, 5) is 2.41. The van der Waals surface area contributed by atoms with Gasteiger partial charge in [0.05, 0.1) is 20.8 Å². The van der Waals surface area contributed by atoms with Gasteiger partial charge in [0.1, 0.15) is 0 Å². The van der Waals surface area contributed by atoms with E-state index in [0.717, 1.165) is 23.9 Å². The highest BCUT2D eigenvalue weighted by Gasteiger charge is 2.24. The highest BCUT2D eigenvalue weighted by atomic mass is 32.1.